The maximum Gasteiger partial charge on any atom is 0.472 e. The average Bonchev–Trinajstić information content (AvgIpc) is 3.27. The second-order valence-corrected chi connectivity index (χ2v) is 18.1. The molecule has 11 nitrogen and oxygen atoms in total. The van der Waals surface area contributed by atoms with E-state index in [-0.39, 0.29) is 12.8 Å². The second-order valence-electron chi connectivity index (χ2n) is 16.6. The number of nitrogens with one attached hydrogen (secondary N) is 1. The maximum atomic E-state index is 12.4. The number of allylic oxidation sites excluding steroid dienone is 12. The summed E-state index contributed by atoms with van der Waals surface area (Å²) in [6, 6.07) is -1.56. The summed E-state index contributed by atoms with van der Waals surface area (Å²) in [5.41, 5.74) is 0. The van der Waals surface area contributed by atoms with E-state index in [2.05, 4.69) is 92.1 Å². The first-order chi connectivity index (χ1) is 31.1. The van der Waals surface area contributed by atoms with E-state index >= 15 is 0 Å². The Morgan fingerprint density at radius 1 is 0.516 bits per heavy atom. The number of aliphatic carboxylic acids is 1. The minimum Gasteiger partial charge on any atom is -0.480 e. The topological polar surface area (TPSA) is 169 Å². The van der Waals surface area contributed by atoms with Gasteiger partial charge in [0.25, 0.3) is 0 Å². The molecule has 0 bridgehead atoms. The van der Waals surface area contributed by atoms with Gasteiger partial charge in [-0.05, 0) is 83.5 Å². The molecule has 0 spiro atoms. The van der Waals surface area contributed by atoms with Crippen LogP contribution in [0.4, 0.5) is 0 Å². The standard InChI is InChI=1S/C52H90NO10P/c1-3-5-7-9-11-13-15-17-19-21-22-23-24-25-26-28-29-31-33-35-37-39-41-43-50(55)53-49(52(57)58)47-63-64(59,60)62-46-48(54)45-61-51(56)44-42-40-38-36-34-32-30-27-20-18-16-14-12-10-8-6-4-2/h5,7,11,13,17-20,22-23,25-26,48-49,54H,3-4,6,8-10,12,14-16,21,24,27-47H2,1-2H3,(H,53,55)(H,57,58)(H,59,60)/b7-5-,13-11-,19-17-,20-18-,23-22-,26-25-. The molecule has 0 fully saturated rings. The van der Waals surface area contributed by atoms with Crippen LogP contribution in [-0.4, -0.2) is 64.9 Å². The van der Waals surface area contributed by atoms with Crippen LogP contribution in [0.1, 0.15) is 206 Å². The van der Waals surface area contributed by atoms with Crippen LogP contribution in [0.15, 0.2) is 72.9 Å². The molecule has 368 valence electrons. The van der Waals surface area contributed by atoms with Gasteiger partial charge in [0.1, 0.15) is 12.7 Å². The van der Waals surface area contributed by atoms with Crippen molar-refractivity contribution in [3.05, 3.63) is 72.9 Å². The Morgan fingerprint density at radius 3 is 1.38 bits per heavy atom. The van der Waals surface area contributed by atoms with Crippen molar-refractivity contribution < 1.29 is 47.8 Å². The lowest BCUT2D eigenvalue weighted by Crippen LogP contribution is -2.43. The lowest BCUT2D eigenvalue weighted by Gasteiger charge is -2.18. The first-order valence-corrected chi connectivity index (χ1v) is 26.5. The molecule has 1 amide bonds. The third-order valence-electron chi connectivity index (χ3n) is 10.5. The van der Waals surface area contributed by atoms with Crippen molar-refractivity contribution in [2.24, 2.45) is 0 Å². The molecule has 3 unspecified atom stereocenters. The Balaban J connectivity index is 3.89. The zero-order chi connectivity index (χ0) is 47.0. The van der Waals surface area contributed by atoms with E-state index < -0.39 is 57.6 Å². The molecule has 4 N–H and O–H groups in total. The highest BCUT2D eigenvalue weighted by molar-refractivity contribution is 7.47. The lowest BCUT2D eigenvalue weighted by molar-refractivity contribution is -0.147. The van der Waals surface area contributed by atoms with Crippen LogP contribution in [0.2, 0.25) is 0 Å². The smallest absolute Gasteiger partial charge is 0.472 e. The van der Waals surface area contributed by atoms with Crippen LogP contribution in [0, 0.1) is 0 Å². The molecular formula is C52H90NO10P. The van der Waals surface area contributed by atoms with E-state index in [4.69, 9.17) is 13.8 Å². The van der Waals surface area contributed by atoms with Crippen LogP contribution >= 0.6 is 7.82 Å². The molecule has 0 aliphatic rings. The molecule has 0 aromatic rings. The highest BCUT2D eigenvalue weighted by Gasteiger charge is 2.28. The van der Waals surface area contributed by atoms with Crippen molar-refractivity contribution in [2.45, 2.75) is 219 Å². The summed E-state index contributed by atoms with van der Waals surface area (Å²) >= 11 is 0. The number of amides is 1. The molecule has 0 aliphatic carbocycles. The Bertz CT molecular complexity index is 1360. The molecule has 0 aliphatic heterocycles. The molecule has 12 heteroatoms. The number of carbonyl (C=O) groups excluding carboxylic acids is 2. The van der Waals surface area contributed by atoms with Crippen molar-refractivity contribution in [1.29, 1.82) is 0 Å². The summed E-state index contributed by atoms with van der Waals surface area (Å²) in [5, 5.41) is 21.9. The van der Waals surface area contributed by atoms with Crippen molar-refractivity contribution in [3.8, 4) is 0 Å². The quantitative estimate of drug-likeness (QED) is 0.0200. The second kappa shape index (κ2) is 46.4. The van der Waals surface area contributed by atoms with E-state index in [9.17, 15) is 34.1 Å². The average molecular weight is 920 g/mol. The minimum atomic E-state index is -4.77. The Labute approximate surface area is 389 Å². The molecular weight excluding hydrogens is 830 g/mol. The summed E-state index contributed by atoms with van der Waals surface area (Å²) in [6.45, 7) is 2.48. The van der Waals surface area contributed by atoms with Crippen molar-refractivity contribution in [1.82, 2.24) is 5.32 Å². The lowest BCUT2D eigenvalue weighted by atomic mass is 10.1. The van der Waals surface area contributed by atoms with Gasteiger partial charge in [-0.3, -0.25) is 18.6 Å². The predicted molar refractivity (Wildman–Crippen MR) is 263 cm³/mol. The van der Waals surface area contributed by atoms with Crippen LogP contribution in [-0.2, 0) is 32.7 Å². The highest BCUT2D eigenvalue weighted by Crippen LogP contribution is 2.43. The van der Waals surface area contributed by atoms with Gasteiger partial charge in [0.2, 0.25) is 5.91 Å². The zero-order valence-electron chi connectivity index (χ0n) is 40.1. The molecule has 3 atom stereocenters. The number of carboxylic acids is 1. The van der Waals surface area contributed by atoms with Crippen LogP contribution in [0.3, 0.4) is 0 Å². The molecule has 0 saturated heterocycles. The summed E-state index contributed by atoms with van der Waals surface area (Å²) in [5.74, 6) is -2.40. The SMILES string of the molecule is CC/C=C\C/C=C\C/C=C\C/C=C\C/C=C\CCCCCCCCCC(=O)NC(COP(=O)(O)OCC(O)COC(=O)CCCCCCCCC/C=C\CCCCCCCC)C(=O)O. The monoisotopic (exact) mass is 920 g/mol. The summed E-state index contributed by atoms with van der Waals surface area (Å²) < 4.78 is 26.9. The molecule has 0 aromatic heterocycles. The largest absolute Gasteiger partial charge is 0.480 e. The molecule has 0 radical (unpaired) electrons. The highest BCUT2D eigenvalue weighted by atomic mass is 31.2. The predicted octanol–water partition coefficient (Wildman–Crippen LogP) is 13.7. The number of unbranched alkanes of at least 4 members (excludes halogenated alkanes) is 20. The number of carboxylic acid groups (broad SMARTS) is 1. The van der Waals surface area contributed by atoms with Gasteiger partial charge >= 0.3 is 19.8 Å². The molecule has 64 heavy (non-hydrogen) atoms. The number of hydrogen-bond donors (Lipinski definition) is 4. The van der Waals surface area contributed by atoms with Crippen LogP contribution in [0.25, 0.3) is 0 Å². The molecule has 0 saturated carbocycles. The van der Waals surface area contributed by atoms with Gasteiger partial charge in [-0.15, -0.1) is 0 Å². The van der Waals surface area contributed by atoms with Gasteiger partial charge < -0.3 is 25.2 Å². The van der Waals surface area contributed by atoms with E-state index in [0.29, 0.717) is 12.8 Å². The van der Waals surface area contributed by atoms with E-state index in [0.717, 1.165) is 103 Å². The van der Waals surface area contributed by atoms with Gasteiger partial charge in [-0.2, -0.15) is 0 Å². The Morgan fingerprint density at radius 2 is 0.906 bits per heavy atom. The van der Waals surface area contributed by atoms with Gasteiger partial charge in [0, 0.05) is 12.8 Å². The third-order valence-corrected chi connectivity index (χ3v) is 11.4. The first kappa shape index (κ1) is 60.9. The number of hydrogen-bond acceptors (Lipinski definition) is 8. The summed E-state index contributed by atoms with van der Waals surface area (Å²) in [7, 11) is -4.77. The number of esters is 1. The van der Waals surface area contributed by atoms with Gasteiger partial charge in [0.15, 0.2) is 6.04 Å². The van der Waals surface area contributed by atoms with Crippen LogP contribution in [0.5, 0.6) is 0 Å². The zero-order valence-corrected chi connectivity index (χ0v) is 41.0. The van der Waals surface area contributed by atoms with E-state index in [1.165, 1.54) is 64.2 Å². The number of aliphatic hydroxyl groups excluding tert-OH is 1. The van der Waals surface area contributed by atoms with Gasteiger partial charge in [-0.25, -0.2) is 9.36 Å². The number of phosphoric ester groups is 1. The normalized spacial score (nSPS) is 14.2. The third kappa shape index (κ3) is 45.5. The van der Waals surface area contributed by atoms with Gasteiger partial charge in [-0.1, -0.05) is 183 Å². The van der Waals surface area contributed by atoms with E-state index in [1.807, 2.05) is 0 Å². The summed E-state index contributed by atoms with van der Waals surface area (Å²) in [6.07, 6.45) is 56.3. The number of rotatable bonds is 46. The van der Waals surface area contributed by atoms with Crippen LogP contribution < -0.4 is 5.32 Å². The van der Waals surface area contributed by atoms with Gasteiger partial charge in [0.05, 0.1) is 13.2 Å². The fourth-order valence-electron chi connectivity index (χ4n) is 6.63. The number of ether oxygens (including phenoxy) is 1. The Hall–Kier alpha value is -3.08. The van der Waals surface area contributed by atoms with Crippen molar-refractivity contribution >= 4 is 25.7 Å². The molecule has 0 rings (SSSR count). The minimum absolute atomic E-state index is 0.129. The number of carbonyl (C=O) groups is 3. The fraction of sp³-hybridized carbons (Fsp3) is 0.712. The van der Waals surface area contributed by atoms with E-state index in [1.54, 1.807) is 0 Å². The molecule has 0 aromatic carbocycles. The number of phosphoric acid groups is 1. The fourth-order valence-corrected chi connectivity index (χ4v) is 7.40. The Kier molecular flexibility index (Phi) is 44.2. The maximum absolute atomic E-state index is 12.4. The molecule has 0 heterocycles. The number of aliphatic hydroxyl groups is 1. The van der Waals surface area contributed by atoms with Crippen molar-refractivity contribution in [3.63, 3.8) is 0 Å². The first-order valence-electron chi connectivity index (χ1n) is 25.0. The van der Waals surface area contributed by atoms with Crippen molar-refractivity contribution in [2.75, 3.05) is 19.8 Å². The summed E-state index contributed by atoms with van der Waals surface area (Å²) in [4.78, 5) is 46.1.